The number of likely N-dealkylation sites (tertiary alicyclic amines) is 1. The molecule has 0 spiro atoms. The van der Waals surface area contributed by atoms with E-state index in [-0.39, 0.29) is 23.2 Å². The number of nitrogens with two attached hydrogens (primary N) is 1. The van der Waals surface area contributed by atoms with E-state index in [1.54, 1.807) is 0 Å². The van der Waals surface area contributed by atoms with Gasteiger partial charge in [-0.3, -0.25) is 4.79 Å². The first-order valence-corrected chi connectivity index (χ1v) is 12.1. The van der Waals surface area contributed by atoms with Gasteiger partial charge in [-0.05, 0) is 43.6 Å². The van der Waals surface area contributed by atoms with Gasteiger partial charge in [-0.1, -0.05) is 49.3 Å². The summed E-state index contributed by atoms with van der Waals surface area (Å²) in [6, 6.07) is 10.9. The van der Waals surface area contributed by atoms with Gasteiger partial charge in [0.2, 0.25) is 11.8 Å². The predicted molar refractivity (Wildman–Crippen MR) is 122 cm³/mol. The van der Waals surface area contributed by atoms with Gasteiger partial charge in [0.15, 0.2) is 5.82 Å². The van der Waals surface area contributed by atoms with Crippen LogP contribution in [0.4, 0.5) is 0 Å². The lowest BCUT2D eigenvalue weighted by molar-refractivity contribution is -0.134. The summed E-state index contributed by atoms with van der Waals surface area (Å²) in [6.07, 6.45) is 5.13. The van der Waals surface area contributed by atoms with Crippen molar-refractivity contribution in [2.45, 2.75) is 75.3 Å². The maximum Gasteiger partial charge on any atom is 0.239 e. The number of carbonyl (C=O) groups excluding carboxylic acids is 1. The van der Waals surface area contributed by atoms with Crippen molar-refractivity contribution in [2.75, 3.05) is 19.6 Å². The van der Waals surface area contributed by atoms with Gasteiger partial charge in [0.1, 0.15) is 0 Å². The van der Waals surface area contributed by atoms with Crippen molar-refractivity contribution in [3.05, 3.63) is 47.6 Å². The van der Waals surface area contributed by atoms with E-state index in [4.69, 9.17) is 15.2 Å². The SMILES string of the molecule is CC(C)C(N)C(=O)N1CCC(c2nc(C3(CN[C@@H]4C[C@H]4c4ccccc4)CC3)no2)CC1. The number of amides is 1. The fourth-order valence-corrected chi connectivity index (χ4v) is 4.91. The van der Waals surface area contributed by atoms with Gasteiger partial charge in [0, 0.05) is 42.9 Å². The number of rotatable bonds is 8. The number of nitrogens with one attached hydrogen (secondary N) is 1. The highest BCUT2D eigenvalue weighted by Crippen LogP contribution is 2.48. The fraction of sp³-hybridized carbons (Fsp3) is 0.640. The lowest BCUT2D eigenvalue weighted by Crippen LogP contribution is -2.49. The molecular weight excluding hydrogens is 402 g/mol. The maximum absolute atomic E-state index is 12.5. The molecule has 32 heavy (non-hydrogen) atoms. The monoisotopic (exact) mass is 437 g/mol. The zero-order valence-corrected chi connectivity index (χ0v) is 19.2. The predicted octanol–water partition coefficient (Wildman–Crippen LogP) is 2.94. The molecule has 1 saturated heterocycles. The standard InChI is InChI=1S/C25H35N5O2/c1-16(2)21(26)23(31)30-12-8-18(9-13-30)22-28-24(29-32-22)25(10-11-25)15-27-20-14-19(20)17-6-4-3-5-7-17/h3-7,16,18-21,27H,8-15,26H2,1-2H3/t19-,20+,21?/m0/s1. The average molecular weight is 438 g/mol. The van der Waals surface area contributed by atoms with E-state index in [0.717, 1.165) is 43.9 Å². The molecule has 7 nitrogen and oxygen atoms in total. The molecule has 0 radical (unpaired) electrons. The Morgan fingerprint density at radius 1 is 1.25 bits per heavy atom. The zero-order chi connectivity index (χ0) is 22.3. The summed E-state index contributed by atoms with van der Waals surface area (Å²) in [5.74, 6) is 2.66. The van der Waals surface area contributed by atoms with E-state index in [2.05, 4.69) is 40.8 Å². The van der Waals surface area contributed by atoms with Crippen LogP contribution in [0, 0.1) is 5.92 Å². The summed E-state index contributed by atoms with van der Waals surface area (Å²) in [7, 11) is 0. The highest BCUT2D eigenvalue weighted by Gasteiger charge is 2.50. The number of nitrogens with zero attached hydrogens (tertiary/aromatic N) is 3. The van der Waals surface area contributed by atoms with Gasteiger partial charge in [-0.25, -0.2) is 0 Å². The number of piperidine rings is 1. The molecule has 3 fully saturated rings. The van der Waals surface area contributed by atoms with E-state index in [1.807, 2.05) is 18.7 Å². The largest absolute Gasteiger partial charge is 0.341 e. The Labute approximate surface area is 190 Å². The summed E-state index contributed by atoms with van der Waals surface area (Å²) in [5.41, 5.74) is 7.51. The van der Waals surface area contributed by atoms with Gasteiger partial charge < -0.3 is 20.5 Å². The first-order chi connectivity index (χ1) is 15.5. The minimum atomic E-state index is -0.420. The molecule has 2 aliphatic carbocycles. The molecule has 5 rings (SSSR count). The number of benzene rings is 1. The maximum atomic E-state index is 12.5. The van der Waals surface area contributed by atoms with Gasteiger partial charge >= 0.3 is 0 Å². The van der Waals surface area contributed by atoms with Crippen LogP contribution >= 0.6 is 0 Å². The molecule has 1 amide bonds. The summed E-state index contributed by atoms with van der Waals surface area (Å²) < 4.78 is 5.71. The third-order valence-corrected chi connectivity index (χ3v) is 7.65. The van der Waals surface area contributed by atoms with Crippen LogP contribution in [0.3, 0.4) is 0 Å². The van der Waals surface area contributed by atoms with E-state index in [0.29, 0.717) is 25.0 Å². The fourth-order valence-electron chi connectivity index (χ4n) is 4.91. The van der Waals surface area contributed by atoms with Crippen LogP contribution in [0.5, 0.6) is 0 Å². The second-order valence-corrected chi connectivity index (χ2v) is 10.3. The molecule has 1 aliphatic heterocycles. The van der Waals surface area contributed by atoms with Crippen molar-refractivity contribution in [3.63, 3.8) is 0 Å². The van der Waals surface area contributed by atoms with Crippen molar-refractivity contribution >= 4 is 5.91 Å². The molecule has 172 valence electrons. The molecule has 2 heterocycles. The number of carbonyl (C=O) groups is 1. The molecule has 0 bridgehead atoms. The van der Waals surface area contributed by atoms with Crippen molar-refractivity contribution in [1.82, 2.24) is 20.4 Å². The lowest BCUT2D eigenvalue weighted by atomic mass is 9.95. The summed E-state index contributed by atoms with van der Waals surface area (Å²) in [4.78, 5) is 19.2. The Kier molecular flexibility index (Phi) is 5.80. The molecular formula is C25H35N5O2. The van der Waals surface area contributed by atoms with Gasteiger partial charge in [0.05, 0.1) is 6.04 Å². The van der Waals surface area contributed by atoms with Crippen LogP contribution in [0.15, 0.2) is 34.9 Å². The van der Waals surface area contributed by atoms with Crippen molar-refractivity contribution < 1.29 is 9.32 Å². The van der Waals surface area contributed by atoms with E-state index >= 15 is 0 Å². The van der Waals surface area contributed by atoms with Crippen LogP contribution in [0.2, 0.25) is 0 Å². The lowest BCUT2D eigenvalue weighted by Gasteiger charge is -2.33. The molecule has 7 heteroatoms. The van der Waals surface area contributed by atoms with Crippen LogP contribution in [-0.2, 0) is 10.2 Å². The number of aromatic nitrogens is 2. The first-order valence-electron chi connectivity index (χ1n) is 12.1. The Balaban J connectivity index is 1.13. The minimum Gasteiger partial charge on any atom is -0.341 e. The van der Waals surface area contributed by atoms with Crippen molar-refractivity contribution in [3.8, 4) is 0 Å². The quantitative estimate of drug-likeness (QED) is 0.659. The summed E-state index contributed by atoms with van der Waals surface area (Å²) >= 11 is 0. The van der Waals surface area contributed by atoms with E-state index in [9.17, 15) is 4.79 Å². The summed E-state index contributed by atoms with van der Waals surface area (Å²) in [5, 5.41) is 8.14. The van der Waals surface area contributed by atoms with Crippen LogP contribution in [0.25, 0.3) is 0 Å². The van der Waals surface area contributed by atoms with Gasteiger partial charge in [0.25, 0.3) is 0 Å². The minimum absolute atomic E-state index is 0.0340. The highest BCUT2D eigenvalue weighted by molar-refractivity contribution is 5.82. The Morgan fingerprint density at radius 3 is 2.62 bits per heavy atom. The number of hydrogen-bond donors (Lipinski definition) is 2. The molecule has 2 saturated carbocycles. The van der Waals surface area contributed by atoms with Crippen LogP contribution in [0.1, 0.15) is 75.1 Å². The third-order valence-electron chi connectivity index (χ3n) is 7.65. The molecule has 3 atom stereocenters. The topological polar surface area (TPSA) is 97.3 Å². The number of hydrogen-bond acceptors (Lipinski definition) is 6. The first kappa shape index (κ1) is 21.6. The van der Waals surface area contributed by atoms with Crippen molar-refractivity contribution in [2.24, 2.45) is 11.7 Å². The van der Waals surface area contributed by atoms with Gasteiger partial charge in [-0.2, -0.15) is 4.98 Å². The second-order valence-electron chi connectivity index (χ2n) is 10.3. The summed E-state index contributed by atoms with van der Waals surface area (Å²) in [6.45, 7) is 6.31. The van der Waals surface area contributed by atoms with E-state index in [1.165, 1.54) is 12.0 Å². The molecule has 2 aromatic rings. The third kappa shape index (κ3) is 4.33. The average Bonchev–Trinajstić information content (AvgIpc) is 3.73. The zero-order valence-electron chi connectivity index (χ0n) is 19.2. The normalized spacial score (nSPS) is 25.7. The molecule has 3 N–H and O–H groups in total. The highest BCUT2D eigenvalue weighted by atomic mass is 16.5. The molecule has 1 unspecified atom stereocenters. The molecule has 1 aromatic carbocycles. The Morgan fingerprint density at radius 2 is 1.97 bits per heavy atom. The van der Waals surface area contributed by atoms with Crippen molar-refractivity contribution in [1.29, 1.82) is 0 Å². The smallest absolute Gasteiger partial charge is 0.239 e. The second kappa shape index (κ2) is 8.60. The van der Waals surface area contributed by atoms with Gasteiger partial charge in [-0.15, -0.1) is 0 Å². The van der Waals surface area contributed by atoms with E-state index < -0.39 is 6.04 Å². The van der Waals surface area contributed by atoms with Crippen LogP contribution < -0.4 is 11.1 Å². The van der Waals surface area contributed by atoms with Crippen LogP contribution in [-0.4, -0.2) is 52.7 Å². The molecule has 3 aliphatic rings. The Bertz CT molecular complexity index is 931. The Hall–Kier alpha value is -2.25. The molecule has 1 aromatic heterocycles.